The second-order valence-electron chi connectivity index (χ2n) is 6.43. The first-order chi connectivity index (χ1) is 10.6. The average molecular weight is 301 g/mol. The van der Waals surface area contributed by atoms with E-state index in [1.54, 1.807) is 18.2 Å². The zero-order valence-electron chi connectivity index (χ0n) is 12.6. The van der Waals surface area contributed by atoms with Gasteiger partial charge in [-0.2, -0.15) is 0 Å². The van der Waals surface area contributed by atoms with E-state index in [0.717, 1.165) is 38.9 Å². The molecule has 6 nitrogen and oxygen atoms in total. The number of amides is 1. The lowest BCUT2D eigenvalue weighted by Gasteiger charge is -2.56. The van der Waals surface area contributed by atoms with Crippen LogP contribution in [0.25, 0.3) is 11.1 Å². The molecule has 22 heavy (non-hydrogen) atoms. The first kappa shape index (κ1) is 13.6. The van der Waals surface area contributed by atoms with E-state index < -0.39 is 5.76 Å². The summed E-state index contributed by atoms with van der Waals surface area (Å²) < 4.78 is 5.16. The minimum atomic E-state index is -0.520. The van der Waals surface area contributed by atoms with E-state index in [1.165, 1.54) is 0 Å². The van der Waals surface area contributed by atoms with Crippen molar-refractivity contribution in [1.82, 2.24) is 14.8 Å². The Labute approximate surface area is 127 Å². The minimum absolute atomic E-state index is 0.00234. The molecule has 0 unspecified atom stereocenters. The Morgan fingerprint density at radius 1 is 1.23 bits per heavy atom. The highest BCUT2D eigenvalue weighted by Crippen LogP contribution is 2.41. The van der Waals surface area contributed by atoms with Crippen molar-refractivity contribution in [1.29, 1.82) is 0 Å². The number of nitrogens with one attached hydrogen (secondary N) is 1. The molecule has 6 heteroatoms. The van der Waals surface area contributed by atoms with E-state index in [1.807, 2.05) is 4.90 Å². The van der Waals surface area contributed by atoms with Crippen molar-refractivity contribution in [2.24, 2.45) is 0 Å². The van der Waals surface area contributed by atoms with Crippen LogP contribution < -0.4 is 5.76 Å². The summed E-state index contributed by atoms with van der Waals surface area (Å²) in [5, 5.41) is 0. The molecular weight excluding hydrogens is 282 g/mol. The summed E-state index contributed by atoms with van der Waals surface area (Å²) >= 11 is 0. The maximum atomic E-state index is 12.9. The van der Waals surface area contributed by atoms with Crippen LogP contribution in [-0.4, -0.2) is 52.9 Å². The zero-order chi connectivity index (χ0) is 15.3. The predicted molar refractivity (Wildman–Crippen MR) is 82.0 cm³/mol. The van der Waals surface area contributed by atoms with E-state index in [0.29, 0.717) is 16.7 Å². The van der Waals surface area contributed by atoms with Gasteiger partial charge < -0.3 is 14.2 Å². The Hall–Kier alpha value is -2.08. The highest BCUT2D eigenvalue weighted by Gasteiger charge is 2.48. The number of carbonyl (C=O) groups excluding carboxylic acids is 1. The summed E-state index contributed by atoms with van der Waals surface area (Å²) in [4.78, 5) is 31.2. The molecular formula is C16H19N3O3. The molecule has 0 atom stereocenters. The Balaban J connectivity index is 1.68. The van der Waals surface area contributed by atoms with Gasteiger partial charge in [0.15, 0.2) is 5.58 Å². The summed E-state index contributed by atoms with van der Waals surface area (Å²) in [6.45, 7) is 2.83. The van der Waals surface area contributed by atoms with Gasteiger partial charge in [0.1, 0.15) is 0 Å². The van der Waals surface area contributed by atoms with Crippen molar-refractivity contribution < 1.29 is 9.21 Å². The second kappa shape index (κ2) is 4.71. The number of oxazole rings is 1. The number of carbonyl (C=O) groups is 1. The van der Waals surface area contributed by atoms with Crippen LogP contribution in [0, 0.1) is 0 Å². The Morgan fingerprint density at radius 2 is 1.95 bits per heavy atom. The average Bonchev–Trinajstić information content (AvgIpc) is 2.86. The number of aromatic amines is 1. The lowest BCUT2D eigenvalue weighted by atomic mass is 9.76. The largest absolute Gasteiger partial charge is 0.417 e. The number of benzene rings is 1. The Bertz CT molecular complexity index is 783. The Morgan fingerprint density at radius 3 is 2.64 bits per heavy atom. The molecule has 2 aliphatic rings. The molecule has 2 aromatic rings. The van der Waals surface area contributed by atoms with Crippen molar-refractivity contribution in [2.75, 3.05) is 26.7 Å². The van der Waals surface area contributed by atoms with Gasteiger partial charge in [-0.05, 0) is 38.4 Å². The highest BCUT2D eigenvalue weighted by molar-refractivity contribution is 6.04. The molecule has 2 saturated heterocycles. The minimum Gasteiger partial charge on any atom is -0.407 e. The maximum absolute atomic E-state index is 12.9. The van der Waals surface area contributed by atoms with E-state index in [4.69, 9.17) is 4.42 Å². The maximum Gasteiger partial charge on any atom is 0.417 e. The van der Waals surface area contributed by atoms with Gasteiger partial charge in [-0.25, -0.2) is 4.79 Å². The molecule has 2 fully saturated rings. The zero-order valence-corrected chi connectivity index (χ0v) is 12.6. The molecule has 2 aliphatic heterocycles. The molecule has 1 amide bonds. The van der Waals surface area contributed by atoms with Crippen molar-refractivity contribution in [3.63, 3.8) is 0 Å². The number of aromatic nitrogens is 1. The van der Waals surface area contributed by atoms with Crippen LogP contribution in [0.3, 0.4) is 0 Å². The molecule has 4 rings (SSSR count). The highest BCUT2D eigenvalue weighted by atomic mass is 16.4. The smallest absolute Gasteiger partial charge is 0.407 e. The quantitative estimate of drug-likeness (QED) is 0.865. The fourth-order valence-electron chi connectivity index (χ4n) is 3.70. The molecule has 1 N–H and O–H groups in total. The monoisotopic (exact) mass is 301 g/mol. The number of hydrogen-bond acceptors (Lipinski definition) is 4. The SMILES string of the molecule is CN1CCC2(CC1)CCN2C(=O)c1cccc2[nH]c(=O)oc12. The normalized spacial score (nSPS) is 21.2. The second-order valence-corrected chi connectivity index (χ2v) is 6.43. The standard InChI is InChI=1S/C16H19N3O3/c1-18-8-5-16(6-9-18)7-10-19(16)14(20)11-3-2-4-12-13(11)22-15(21)17-12/h2-4H,5-10H2,1H3,(H,17,21). The van der Waals surface area contributed by atoms with Gasteiger partial charge in [0, 0.05) is 25.2 Å². The fraction of sp³-hybridized carbons (Fsp3) is 0.500. The van der Waals surface area contributed by atoms with Gasteiger partial charge in [-0.15, -0.1) is 0 Å². The van der Waals surface area contributed by atoms with Crippen molar-refractivity contribution >= 4 is 17.0 Å². The number of fused-ring (bicyclic) bond motifs is 1. The first-order valence-corrected chi connectivity index (χ1v) is 7.71. The van der Waals surface area contributed by atoms with E-state index in [2.05, 4.69) is 16.9 Å². The summed E-state index contributed by atoms with van der Waals surface area (Å²) in [5.74, 6) is -0.544. The Kier molecular flexibility index (Phi) is 2.91. The number of likely N-dealkylation sites (tertiary alicyclic amines) is 2. The number of hydrogen-bond donors (Lipinski definition) is 1. The number of nitrogens with zero attached hydrogens (tertiary/aromatic N) is 2. The molecule has 0 radical (unpaired) electrons. The van der Waals surface area contributed by atoms with Crippen LogP contribution in [0.4, 0.5) is 0 Å². The van der Waals surface area contributed by atoms with Crippen LogP contribution in [0.5, 0.6) is 0 Å². The van der Waals surface area contributed by atoms with Crippen LogP contribution >= 0.6 is 0 Å². The molecule has 116 valence electrons. The number of H-pyrrole nitrogens is 1. The lowest BCUT2D eigenvalue weighted by molar-refractivity contribution is -0.0349. The number of rotatable bonds is 1. The van der Waals surface area contributed by atoms with Crippen molar-refractivity contribution in [2.45, 2.75) is 24.8 Å². The molecule has 1 aromatic heterocycles. The third-order valence-corrected chi connectivity index (χ3v) is 5.21. The van der Waals surface area contributed by atoms with Gasteiger partial charge in [0.05, 0.1) is 11.1 Å². The molecule has 3 heterocycles. The van der Waals surface area contributed by atoms with Crippen molar-refractivity contribution in [3.05, 3.63) is 34.3 Å². The van der Waals surface area contributed by atoms with Crippen LogP contribution in [0.15, 0.2) is 27.4 Å². The van der Waals surface area contributed by atoms with Crippen LogP contribution in [0.2, 0.25) is 0 Å². The summed E-state index contributed by atoms with van der Waals surface area (Å²) in [7, 11) is 2.12. The first-order valence-electron chi connectivity index (χ1n) is 7.71. The van der Waals surface area contributed by atoms with Crippen LogP contribution in [-0.2, 0) is 0 Å². The summed E-state index contributed by atoms with van der Waals surface area (Å²) in [6.07, 6.45) is 3.10. The summed E-state index contributed by atoms with van der Waals surface area (Å²) in [6, 6.07) is 5.27. The molecule has 1 aromatic carbocycles. The third kappa shape index (κ3) is 1.90. The predicted octanol–water partition coefficient (Wildman–Crippen LogP) is 1.43. The fourth-order valence-corrected chi connectivity index (χ4v) is 3.70. The van der Waals surface area contributed by atoms with E-state index in [-0.39, 0.29) is 11.4 Å². The number of piperidine rings is 1. The van der Waals surface area contributed by atoms with Crippen LogP contribution in [0.1, 0.15) is 29.6 Å². The van der Waals surface area contributed by atoms with Gasteiger partial charge in [-0.1, -0.05) is 6.07 Å². The van der Waals surface area contributed by atoms with E-state index in [9.17, 15) is 9.59 Å². The summed E-state index contributed by atoms with van der Waals surface area (Å²) in [5.41, 5.74) is 1.43. The number of para-hydroxylation sites is 1. The van der Waals surface area contributed by atoms with Crippen molar-refractivity contribution in [3.8, 4) is 0 Å². The molecule has 0 saturated carbocycles. The van der Waals surface area contributed by atoms with Gasteiger partial charge in [0.25, 0.3) is 5.91 Å². The van der Waals surface area contributed by atoms with Gasteiger partial charge in [-0.3, -0.25) is 9.78 Å². The van der Waals surface area contributed by atoms with E-state index >= 15 is 0 Å². The topological polar surface area (TPSA) is 69.6 Å². The lowest BCUT2D eigenvalue weighted by Crippen LogP contribution is -2.65. The van der Waals surface area contributed by atoms with Gasteiger partial charge >= 0.3 is 5.76 Å². The third-order valence-electron chi connectivity index (χ3n) is 5.21. The molecule has 1 spiro atoms. The molecule has 0 bridgehead atoms. The van der Waals surface area contributed by atoms with Gasteiger partial charge in [0.2, 0.25) is 0 Å². The molecule has 0 aliphatic carbocycles.